The van der Waals surface area contributed by atoms with Gasteiger partial charge in [0.15, 0.2) is 0 Å². The van der Waals surface area contributed by atoms with E-state index in [9.17, 15) is 0 Å². The standard InChI is InChI=1S/C7H9N3O/c8-6-3-1-2-5(4-10-11)7(6)9/h1-4,11H,8-9H2. The third kappa shape index (κ3) is 1.40. The maximum absolute atomic E-state index is 8.21. The van der Waals surface area contributed by atoms with Crippen LogP contribution in [0.15, 0.2) is 23.4 Å². The van der Waals surface area contributed by atoms with E-state index in [1.807, 2.05) is 0 Å². The second-order valence-corrected chi connectivity index (χ2v) is 2.09. The topological polar surface area (TPSA) is 84.6 Å². The molecule has 0 amide bonds. The fourth-order valence-electron chi connectivity index (χ4n) is 0.776. The minimum Gasteiger partial charge on any atom is -0.411 e. The average molecular weight is 151 g/mol. The average Bonchev–Trinajstić information content (AvgIpc) is 1.99. The minimum atomic E-state index is 0.435. The van der Waals surface area contributed by atoms with E-state index >= 15 is 0 Å². The molecule has 0 fully saturated rings. The van der Waals surface area contributed by atoms with Crippen molar-refractivity contribution in [2.75, 3.05) is 11.5 Å². The highest BCUT2D eigenvalue weighted by Crippen LogP contribution is 2.17. The number of hydrogen-bond donors (Lipinski definition) is 3. The highest BCUT2D eigenvalue weighted by molar-refractivity contribution is 5.90. The molecule has 0 saturated heterocycles. The van der Waals surface area contributed by atoms with Gasteiger partial charge in [-0.25, -0.2) is 0 Å². The molecule has 0 aliphatic heterocycles. The summed E-state index contributed by atoms with van der Waals surface area (Å²) in [6.07, 6.45) is 1.24. The zero-order valence-corrected chi connectivity index (χ0v) is 5.86. The number of anilines is 2. The van der Waals surface area contributed by atoms with Crippen molar-refractivity contribution in [2.24, 2.45) is 5.16 Å². The predicted octanol–water partition coefficient (Wildman–Crippen LogP) is 0.659. The van der Waals surface area contributed by atoms with Gasteiger partial charge < -0.3 is 16.7 Å². The number of nitrogens with zero attached hydrogens (tertiary/aromatic N) is 1. The Bertz CT molecular complexity index is 283. The van der Waals surface area contributed by atoms with Gasteiger partial charge in [-0.3, -0.25) is 0 Å². The van der Waals surface area contributed by atoms with Crippen molar-refractivity contribution in [3.05, 3.63) is 23.8 Å². The summed E-state index contributed by atoms with van der Waals surface area (Å²) in [6, 6.07) is 5.14. The number of rotatable bonds is 1. The molecule has 0 aromatic heterocycles. The molecule has 0 spiro atoms. The van der Waals surface area contributed by atoms with E-state index in [0.29, 0.717) is 16.9 Å². The molecule has 1 aromatic carbocycles. The molecule has 1 rings (SSSR count). The monoisotopic (exact) mass is 151 g/mol. The van der Waals surface area contributed by atoms with Gasteiger partial charge in [0, 0.05) is 5.56 Å². The molecule has 0 heterocycles. The molecule has 58 valence electrons. The first-order valence-corrected chi connectivity index (χ1v) is 3.07. The number of nitrogens with two attached hydrogens (primary N) is 2. The number of para-hydroxylation sites is 1. The maximum Gasteiger partial charge on any atom is 0.0755 e. The van der Waals surface area contributed by atoms with Crippen molar-refractivity contribution in [3.63, 3.8) is 0 Å². The van der Waals surface area contributed by atoms with E-state index in [2.05, 4.69) is 5.16 Å². The molecular weight excluding hydrogens is 142 g/mol. The maximum atomic E-state index is 8.21. The zero-order chi connectivity index (χ0) is 8.27. The first kappa shape index (κ1) is 7.40. The smallest absolute Gasteiger partial charge is 0.0755 e. The number of benzene rings is 1. The van der Waals surface area contributed by atoms with Crippen molar-refractivity contribution < 1.29 is 5.21 Å². The van der Waals surface area contributed by atoms with Crippen LogP contribution in [0, 0.1) is 0 Å². The van der Waals surface area contributed by atoms with E-state index in [1.165, 1.54) is 6.21 Å². The van der Waals surface area contributed by atoms with Gasteiger partial charge in [0.2, 0.25) is 0 Å². The Morgan fingerprint density at radius 3 is 2.73 bits per heavy atom. The van der Waals surface area contributed by atoms with E-state index in [0.717, 1.165) is 0 Å². The molecule has 5 N–H and O–H groups in total. The summed E-state index contributed by atoms with van der Waals surface area (Å²) in [5, 5.41) is 11.1. The summed E-state index contributed by atoms with van der Waals surface area (Å²) in [5.41, 5.74) is 12.6. The van der Waals surface area contributed by atoms with Gasteiger partial charge >= 0.3 is 0 Å². The summed E-state index contributed by atoms with van der Waals surface area (Å²) in [5.74, 6) is 0. The number of oxime groups is 1. The lowest BCUT2D eigenvalue weighted by Gasteiger charge is -2.01. The molecule has 1 aromatic rings. The van der Waals surface area contributed by atoms with Gasteiger partial charge in [0.25, 0.3) is 0 Å². The highest BCUT2D eigenvalue weighted by Gasteiger charge is 1.97. The normalized spacial score (nSPS) is 10.5. The van der Waals surface area contributed by atoms with Crippen molar-refractivity contribution in [2.45, 2.75) is 0 Å². The molecule has 0 atom stereocenters. The van der Waals surface area contributed by atoms with Gasteiger partial charge in [-0.05, 0) is 6.07 Å². The molecule has 0 bridgehead atoms. The van der Waals surface area contributed by atoms with Gasteiger partial charge in [0.05, 0.1) is 17.6 Å². The van der Waals surface area contributed by atoms with Crippen molar-refractivity contribution in [3.8, 4) is 0 Å². The van der Waals surface area contributed by atoms with Gasteiger partial charge in [0.1, 0.15) is 0 Å². The highest BCUT2D eigenvalue weighted by atomic mass is 16.4. The molecule has 0 radical (unpaired) electrons. The lowest BCUT2D eigenvalue weighted by Crippen LogP contribution is -1.98. The number of hydrogen-bond acceptors (Lipinski definition) is 4. The molecule has 0 aliphatic rings. The summed E-state index contributed by atoms with van der Waals surface area (Å²) in [4.78, 5) is 0. The number of nitrogen functional groups attached to an aromatic ring is 2. The quantitative estimate of drug-likeness (QED) is 0.238. The van der Waals surface area contributed by atoms with Crippen LogP contribution in [0.1, 0.15) is 5.56 Å². The summed E-state index contributed by atoms with van der Waals surface area (Å²) >= 11 is 0. The van der Waals surface area contributed by atoms with Gasteiger partial charge in [-0.2, -0.15) is 0 Å². The summed E-state index contributed by atoms with van der Waals surface area (Å²) in [6.45, 7) is 0. The van der Waals surface area contributed by atoms with E-state index in [-0.39, 0.29) is 0 Å². The van der Waals surface area contributed by atoms with E-state index in [1.54, 1.807) is 18.2 Å². The molecule has 4 nitrogen and oxygen atoms in total. The zero-order valence-electron chi connectivity index (χ0n) is 5.86. The molecule has 0 unspecified atom stereocenters. The summed E-state index contributed by atoms with van der Waals surface area (Å²) < 4.78 is 0. The molecular formula is C7H9N3O. The van der Waals surface area contributed by atoms with Crippen molar-refractivity contribution in [1.82, 2.24) is 0 Å². The Balaban J connectivity index is 3.16. The molecule has 0 saturated carbocycles. The van der Waals surface area contributed by atoms with E-state index < -0.39 is 0 Å². The fourth-order valence-corrected chi connectivity index (χ4v) is 0.776. The molecule has 4 heteroatoms. The second-order valence-electron chi connectivity index (χ2n) is 2.09. The van der Waals surface area contributed by atoms with Crippen LogP contribution < -0.4 is 11.5 Å². The minimum absolute atomic E-state index is 0.435. The van der Waals surface area contributed by atoms with Crippen LogP contribution in [0.3, 0.4) is 0 Å². The third-order valence-corrected chi connectivity index (χ3v) is 1.37. The van der Waals surface area contributed by atoms with Crippen LogP contribution >= 0.6 is 0 Å². The Morgan fingerprint density at radius 2 is 2.09 bits per heavy atom. The van der Waals surface area contributed by atoms with Crippen LogP contribution in [0.5, 0.6) is 0 Å². The Morgan fingerprint density at radius 1 is 1.36 bits per heavy atom. The fraction of sp³-hybridized carbons (Fsp3) is 0. The van der Waals surface area contributed by atoms with Crippen LogP contribution in [0.4, 0.5) is 11.4 Å². The molecule has 0 aliphatic carbocycles. The van der Waals surface area contributed by atoms with Crippen LogP contribution in [0.25, 0.3) is 0 Å². The molecule has 11 heavy (non-hydrogen) atoms. The summed E-state index contributed by atoms with van der Waals surface area (Å²) in [7, 11) is 0. The Kier molecular flexibility index (Phi) is 1.96. The Labute approximate surface area is 64.1 Å². The SMILES string of the molecule is Nc1cccc(C=NO)c1N. The first-order valence-electron chi connectivity index (χ1n) is 3.07. The van der Waals surface area contributed by atoms with Crippen molar-refractivity contribution >= 4 is 17.6 Å². The largest absolute Gasteiger partial charge is 0.411 e. The first-order chi connectivity index (χ1) is 5.25. The second kappa shape index (κ2) is 2.92. The van der Waals surface area contributed by atoms with Crippen LogP contribution in [-0.2, 0) is 0 Å². The Hall–Kier alpha value is -1.71. The van der Waals surface area contributed by atoms with Gasteiger partial charge in [-0.1, -0.05) is 17.3 Å². The van der Waals surface area contributed by atoms with Gasteiger partial charge in [-0.15, -0.1) is 0 Å². The van der Waals surface area contributed by atoms with Crippen molar-refractivity contribution in [1.29, 1.82) is 0 Å². The van der Waals surface area contributed by atoms with Crippen LogP contribution in [0.2, 0.25) is 0 Å². The lowest BCUT2D eigenvalue weighted by molar-refractivity contribution is 0.322. The predicted molar refractivity (Wildman–Crippen MR) is 44.6 cm³/mol. The lowest BCUT2D eigenvalue weighted by atomic mass is 10.2. The van der Waals surface area contributed by atoms with Crippen LogP contribution in [-0.4, -0.2) is 11.4 Å². The van der Waals surface area contributed by atoms with E-state index in [4.69, 9.17) is 16.7 Å². The third-order valence-electron chi connectivity index (χ3n) is 1.37.